The van der Waals surface area contributed by atoms with Crippen molar-refractivity contribution in [3.05, 3.63) is 56.5 Å². The second kappa shape index (κ2) is 5.92. The second-order valence-electron chi connectivity index (χ2n) is 4.20. The molecule has 0 aliphatic rings. The molecule has 20 heavy (non-hydrogen) atoms. The van der Waals surface area contributed by atoms with E-state index >= 15 is 0 Å². The largest absolute Gasteiger partial charge is 0.507 e. The van der Waals surface area contributed by atoms with Gasteiger partial charge in [-0.25, -0.2) is 0 Å². The second-order valence-corrected chi connectivity index (χ2v) is 5.45. The van der Waals surface area contributed by atoms with Gasteiger partial charge in [0.15, 0.2) is 0 Å². The normalized spacial score (nSPS) is 10.4. The Morgan fingerprint density at radius 2 is 1.80 bits per heavy atom. The van der Waals surface area contributed by atoms with Crippen molar-refractivity contribution < 1.29 is 9.90 Å². The van der Waals surface area contributed by atoms with E-state index in [1.54, 1.807) is 12.1 Å². The summed E-state index contributed by atoms with van der Waals surface area (Å²) in [5.74, 6) is -0.687. The Kier molecular flexibility index (Phi) is 4.43. The average Bonchev–Trinajstić information content (AvgIpc) is 2.38. The molecule has 0 radical (unpaired) electrons. The summed E-state index contributed by atoms with van der Waals surface area (Å²) in [4.78, 5) is 12.1. The molecular formula is C14H10Cl3NO2. The summed E-state index contributed by atoms with van der Waals surface area (Å²) in [7, 11) is 0. The number of phenolic OH excluding ortho intramolecular Hbond substituents is 1. The van der Waals surface area contributed by atoms with Gasteiger partial charge >= 0.3 is 0 Å². The lowest BCUT2D eigenvalue weighted by molar-refractivity contribution is 0.102. The van der Waals surface area contributed by atoms with E-state index in [0.717, 1.165) is 5.56 Å². The number of phenols is 1. The van der Waals surface area contributed by atoms with Crippen LogP contribution in [0.4, 0.5) is 5.69 Å². The number of hydrogen-bond donors (Lipinski definition) is 2. The predicted molar refractivity (Wildman–Crippen MR) is 82.3 cm³/mol. The molecule has 0 spiro atoms. The summed E-state index contributed by atoms with van der Waals surface area (Å²) in [5.41, 5.74) is 1.23. The molecule has 0 heterocycles. The number of aromatic hydroxyl groups is 1. The first-order valence-electron chi connectivity index (χ1n) is 5.64. The lowest BCUT2D eigenvalue weighted by Crippen LogP contribution is -2.12. The van der Waals surface area contributed by atoms with Crippen LogP contribution in [0.2, 0.25) is 15.1 Å². The third kappa shape index (κ3) is 3.18. The maximum absolute atomic E-state index is 12.1. The molecule has 0 aliphatic carbocycles. The highest BCUT2D eigenvalue weighted by Crippen LogP contribution is 2.30. The summed E-state index contributed by atoms with van der Waals surface area (Å²) in [6.07, 6.45) is 0. The van der Waals surface area contributed by atoms with Gasteiger partial charge in [-0.15, -0.1) is 0 Å². The minimum Gasteiger partial charge on any atom is -0.507 e. The quantitative estimate of drug-likeness (QED) is 0.821. The van der Waals surface area contributed by atoms with Crippen molar-refractivity contribution in [3.8, 4) is 5.75 Å². The average molecular weight is 331 g/mol. The van der Waals surface area contributed by atoms with Crippen LogP contribution in [0.1, 0.15) is 15.9 Å². The number of amides is 1. The molecule has 0 aliphatic heterocycles. The molecule has 2 aromatic carbocycles. The highest BCUT2D eigenvalue weighted by Gasteiger charge is 2.14. The lowest BCUT2D eigenvalue weighted by Gasteiger charge is -2.10. The third-order valence-electron chi connectivity index (χ3n) is 2.70. The van der Waals surface area contributed by atoms with E-state index in [-0.39, 0.29) is 11.3 Å². The highest BCUT2D eigenvalue weighted by molar-refractivity contribution is 6.36. The number of rotatable bonds is 2. The van der Waals surface area contributed by atoms with Crippen LogP contribution in [0.15, 0.2) is 30.3 Å². The topological polar surface area (TPSA) is 49.3 Å². The van der Waals surface area contributed by atoms with Gasteiger partial charge < -0.3 is 10.4 Å². The fourth-order valence-electron chi connectivity index (χ4n) is 1.62. The Hall–Kier alpha value is -1.42. The number of nitrogens with one attached hydrogen (secondary N) is 1. The summed E-state index contributed by atoms with van der Waals surface area (Å²) < 4.78 is 0. The molecule has 2 aromatic rings. The van der Waals surface area contributed by atoms with E-state index in [2.05, 4.69) is 5.32 Å². The number of carbonyl (C=O) groups excluding carboxylic acids is 1. The molecule has 0 unspecified atom stereocenters. The Morgan fingerprint density at radius 3 is 2.50 bits per heavy atom. The van der Waals surface area contributed by atoms with Crippen LogP contribution < -0.4 is 5.32 Å². The Morgan fingerprint density at radius 1 is 1.10 bits per heavy atom. The first-order valence-corrected chi connectivity index (χ1v) is 6.77. The molecule has 0 saturated carbocycles. The summed E-state index contributed by atoms with van der Waals surface area (Å²) >= 11 is 17.8. The third-order valence-corrected chi connectivity index (χ3v) is 3.65. The molecule has 0 aromatic heterocycles. The maximum Gasteiger partial charge on any atom is 0.259 e. The Labute approximate surface area is 131 Å². The van der Waals surface area contributed by atoms with Crippen LogP contribution in [0.25, 0.3) is 0 Å². The molecule has 1 amide bonds. The number of benzene rings is 2. The molecule has 0 fully saturated rings. The first kappa shape index (κ1) is 15.0. The van der Waals surface area contributed by atoms with Crippen LogP contribution in [-0.4, -0.2) is 11.0 Å². The number of aryl methyl sites for hydroxylation is 1. The zero-order valence-electron chi connectivity index (χ0n) is 10.4. The fourth-order valence-corrected chi connectivity index (χ4v) is 2.22. The smallest absolute Gasteiger partial charge is 0.259 e. The molecule has 2 rings (SSSR count). The molecular weight excluding hydrogens is 321 g/mol. The van der Waals surface area contributed by atoms with Crippen molar-refractivity contribution >= 4 is 46.4 Å². The van der Waals surface area contributed by atoms with Crippen molar-refractivity contribution in [1.82, 2.24) is 0 Å². The van der Waals surface area contributed by atoms with Gasteiger partial charge in [-0.1, -0.05) is 34.8 Å². The van der Waals surface area contributed by atoms with Crippen LogP contribution >= 0.6 is 34.8 Å². The Bertz CT molecular complexity index is 686. The lowest BCUT2D eigenvalue weighted by atomic mass is 10.1. The number of carbonyl (C=O) groups is 1. The predicted octanol–water partition coefficient (Wildman–Crippen LogP) is 4.91. The van der Waals surface area contributed by atoms with Crippen molar-refractivity contribution in [2.45, 2.75) is 6.92 Å². The minimum atomic E-state index is -0.521. The van der Waals surface area contributed by atoms with Gasteiger partial charge in [0.1, 0.15) is 5.75 Å². The fraction of sp³-hybridized carbons (Fsp3) is 0.0714. The molecule has 3 nitrogen and oxygen atoms in total. The highest BCUT2D eigenvalue weighted by atomic mass is 35.5. The molecule has 0 bridgehead atoms. The van der Waals surface area contributed by atoms with Crippen molar-refractivity contribution in [3.63, 3.8) is 0 Å². The molecule has 0 saturated heterocycles. The maximum atomic E-state index is 12.1. The van der Waals surface area contributed by atoms with Crippen LogP contribution in [-0.2, 0) is 0 Å². The summed E-state index contributed by atoms with van der Waals surface area (Å²) in [6.45, 7) is 1.81. The van der Waals surface area contributed by atoms with E-state index in [9.17, 15) is 9.90 Å². The van der Waals surface area contributed by atoms with Gasteiger partial charge in [-0.05, 0) is 42.8 Å². The minimum absolute atomic E-state index is 0.0604. The van der Waals surface area contributed by atoms with Crippen LogP contribution in [0.3, 0.4) is 0 Å². The first-order chi connectivity index (χ1) is 9.38. The van der Waals surface area contributed by atoms with Gasteiger partial charge in [0.2, 0.25) is 0 Å². The number of hydrogen-bond acceptors (Lipinski definition) is 2. The van der Waals surface area contributed by atoms with Gasteiger partial charge in [-0.2, -0.15) is 0 Å². The van der Waals surface area contributed by atoms with E-state index < -0.39 is 5.91 Å². The zero-order valence-corrected chi connectivity index (χ0v) is 12.6. The van der Waals surface area contributed by atoms with Gasteiger partial charge in [0.25, 0.3) is 5.91 Å². The van der Waals surface area contributed by atoms with Crippen LogP contribution in [0.5, 0.6) is 5.75 Å². The number of anilines is 1. The van der Waals surface area contributed by atoms with Crippen LogP contribution in [0, 0.1) is 6.92 Å². The monoisotopic (exact) mass is 329 g/mol. The number of halogens is 3. The zero-order chi connectivity index (χ0) is 14.9. The van der Waals surface area contributed by atoms with E-state index in [1.807, 2.05) is 6.92 Å². The van der Waals surface area contributed by atoms with Gasteiger partial charge in [0, 0.05) is 10.0 Å². The van der Waals surface area contributed by atoms with E-state index in [1.165, 1.54) is 18.2 Å². The van der Waals surface area contributed by atoms with E-state index in [0.29, 0.717) is 20.8 Å². The standard InChI is InChI=1S/C14H10Cl3NO2/c1-7-4-11(17)12(6-10(7)16)18-14(20)9-5-8(15)2-3-13(9)19/h2-6,19H,1H3,(H,18,20). The molecule has 104 valence electrons. The summed E-state index contributed by atoms with van der Waals surface area (Å²) in [5, 5.41) is 13.5. The van der Waals surface area contributed by atoms with Gasteiger partial charge in [0.05, 0.1) is 16.3 Å². The van der Waals surface area contributed by atoms with Crippen molar-refractivity contribution in [2.75, 3.05) is 5.32 Å². The SMILES string of the molecule is Cc1cc(Cl)c(NC(=O)c2cc(Cl)ccc2O)cc1Cl. The van der Waals surface area contributed by atoms with Crippen molar-refractivity contribution in [2.24, 2.45) is 0 Å². The molecule has 2 N–H and O–H groups in total. The van der Waals surface area contributed by atoms with Gasteiger partial charge in [-0.3, -0.25) is 4.79 Å². The Balaban J connectivity index is 2.32. The summed E-state index contributed by atoms with van der Waals surface area (Å²) in [6, 6.07) is 7.41. The van der Waals surface area contributed by atoms with E-state index in [4.69, 9.17) is 34.8 Å². The van der Waals surface area contributed by atoms with Crippen molar-refractivity contribution in [1.29, 1.82) is 0 Å². The molecule has 0 atom stereocenters. The molecule has 6 heteroatoms.